The lowest BCUT2D eigenvalue weighted by Gasteiger charge is -2.51. The number of rotatable bonds is 8. The summed E-state index contributed by atoms with van der Waals surface area (Å²) in [5, 5.41) is 82.1. The summed E-state index contributed by atoms with van der Waals surface area (Å²) < 4.78 is 63.9. The molecule has 0 radical (unpaired) electrons. The van der Waals surface area contributed by atoms with Crippen LogP contribution < -0.4 is 0 Å². The van der Waals surface area contributed by atoms with E-state index >= 15 is 0 Å². The van der Waals surface area contributed by atoms with E-state index < -0.39 is 157 Å². The van der Waals surface area contributed by atoms with Crippen LogP contribution in [0.3, 0.4) is 0 Å². The fraction of sp³-hybridized carbons (Fsp3) is 0.787. The van der Waals surface area contributed by atoms with Gasteiger partial charge in [0, 0.05) is 102 Å². The van der Waals surface area contributed by atoms with Gasteiger partial charge in [-0.1, -0.05) is 82.9 Å². The number of aliphatic hydroxyl groups is 7. The van der Waals surface area contributed by atoms with Crippen LogP contribution in [0.15, 0.2) is 60.8 Å². The van der Waals surface area contributed by atoms with Crippen molar-refractivity contribution in [1.82, 2.24) is 0 Å². The molecule has 7 saturated heterocycles. The molecule has 7 fully saturated rings. The van der Waals surface area contributed by atoms with E-state index in [1.54, 1.807) is 34.0 Å². The minimum atomic E-state index is -2.37. The van der Waals surface area contributed by atoms with Gasteiger partial charge in [0.25, 0.3) is 0 Å². The van der Waals surface area contributed by atoms with Crippen molar-refractivity contribution in [1.29, 1.82) is 0 Å². The second kappa shape index (κ2) is 26.5. The Hall–Kier alpha value is -3.29. The van der Waals surface area contributed by atoms with Crippen LogP contribution in [0, 0.1) is 23.7 Å². The molecular formula is C61H92O20. The first-order valence-electron chi connectivity index (χ1n) is 29.5. The van der Waals surface area contributed by atoms with Crippen LogP contribution in [0.5, 0.6) is 0 Å². The van der Waals surface area contributed by atoms with Crippen molar-refractivity contribution >= 4 is 17.7 Å². The van der Waals surface area contributed by atoms with Crippen LogP contribution in [-0.2, 0) is 61.8 Å². The number of fused-ring (bicyclic) bond motifs is 10. The summed E-state index contributed by atoms with van der Waals surface area (Å²) in [5.41, 5.74) is -0.0508. The van der Waals surface area contributed by atoms with Crippen molar-refractivity contribution in [3.8, 4) is 0 Å². The minimum absolute atomic E-state index is 0.0300. The van der Waals surface area contributed by atoms with Crippen LogP contribution in [0.4, 0.5) is 0 Å². The Labute approximate surface area is 476 Å². The van der Waals surface area contributed by atoms with Gasteiger partial charge in [-0.05, 0) is 44.6 Å². The van der Waals surface area contributed by atoms with Gasteiger partial charge in [0.05, 0.1) is 91.9 Å². The van der Waals surface area contributed by atoms with E-state index in [2.05, 4.69) is 13.2 Å². The van der Waals surface area contributed by atoms with Gasteiger partial charge < -0.3 is 83.1 Å². The van der Waals surface area contributed by atoms with Crippen molar-refractivity contribution in [2.45, 2.75) is 265 Å². The highest BCUT2D eigenvalue weighted by atomic mass is 16.7. The van der Waals surface area contributed by atoms with Crippen molar-refractivity contribution in [2.24, 2.45) is 23.7 Å². The van der Waals surface area contributed by atoms with Gasteiger partial charge in [0.1, 0.15) is 30.2 Å². The molecule has 0 saturated carbocycles. The van der Waals surface area contributed by atoms with Crippen LogP contribution in [0.1, 0.15) is 144 Å². The number of ketones is 1. The van der Waals surface area contributed by atoms with Crippen molar-refractivity contribution in [3.63, 3.8) is 0 Å². The first kappa shape index (κ1) is 63.7. The Balaban J connectivity index is 1.10. The lowest BCUT2D eigenvalue weighted by Crippen LogP contribution is -2.65. The van der Waals surface area contributed by atoms with E-state index in [0.29, 0.717) is 44.1 Å². The minimum Gasteiger partial charge on any atom is -0.462 e. The first-order chi connectivity index (χ1) is 38.2. The number of carbonyl (C=O) groups excluding carboxylic acids is 3. The molecule has 8 rings (SSSR count). The average molecular weight is 1150 g/mol. The number of esters is 2. The zero-order chi connectivity index (χ0) is 58.8. The van der Waals surface area contributed by atoms with Crippen LogP contribution in [0.25, 0.3) is 0 Å². The maximum Gasteiger partial charge on any atom is 0.308 e. The monoisotopic (exact) mass is 1140 g/mol. The smallest absolute Gasteiger partial charge is 0.308 e. The lowest BCUT2D eigenvalue weighted by molar-refractivity contribution is -0.350. The summed E-state index contributed by atoms with van der Waals surface area (Å²) >= 11 is 0. The Kier molecular flexibility index (Phi) is 20.9. The second-order valence-corrected chi connectivity index (χ2v) is 25.2. The molecule has 456 valence electrons. The van der Waals surface area contributed by atoms with E-state index in [-0.39, 0.29) is 75.8 Å². The highest BCUT2D eigenvalue weighted by Gasteiger charge is 2.58. The average Bonchev–Trinajstić information content (AvgIpc) is 3.58. The molecule has 81 heavy (non-hydrogen) atoms. The van der Waals surface area contributed by atoms with Gasteiger partial charge in [-0.3, -0.25) is 14.4 Å². The van der Waals surface area contributed by atoms with Gasteiger partial charge in [0.15, 0.2) is 17.4 Å². The van der Waals surface area contributed by atoms with Crippen molar-refractivity contribution in [2.75, 3.05) is 13.7 Å². The highest BCUT2D eigenvalue weighted by molar-refractivity contribution is 5.82. The van der Waals surface area contributed by atoms with E-state index in [9.17, 15) is 50.1 Å². The summed E-state index contributed by atoms with van der Waals surface area (Å²) in [5.74, 6) is -8.84. The van der Waals surface area contributed by atoms with Gasteiger partial charge in [-0.15, -0.1) is 0 Å². The predicted octanol–water partition coefficient (Wildman–Crippen LogP) is 4.79. The Morgan fingerprint density at radius 3 is 2.28 bits per heavy atom. The number of hydrogen-bond acceptors (Lipinski definition) is 20. The van der Waals surface area contributed by atoms with E-state index in [4.69, 9.17) is 47.4 Å². The maximum absolute atomic E-state index is 14.4. The Morgan fingerprint density at radius 2 is 1.56 bits per heavy atom. The van der Waals surface area contributed by atoms with Crippen molar-refractivity contribution < 1.29 is 97.5 Å². The van der Waals surface area contributed by atoms with E-state index in [1.807, 2.05) is 32.1 Å². The molecule has 0 aromatic carbocycles. The van der Waals surface area contributed by atoms with E-state index in [1.165, 1.54) is 19.1 Å². The van der Waals surface area contributed by atoms with Gasteiger partial charge in [-0.25, -0.2) is 0 Å². The maximum atomic E-state index is 14.4. The molecular weight excluding hydrogens is 1050 g/mol. The van der Waals surface area contributed by atoms with Gasteiger partial charge >= 0.3 is 11.9 Å². The standard InChI is InChI=1S/C61H92O20/c1-10-11-15-40(63)18-33(2)19-51-53(68)55-37(6)56(75-51)57(69)61(71)30-49(66)35(4)50(81-61)17-14-12-13-16-42-21-41(64)26-59(77-42)28-45(72-9)22-43(78-59)24-48(65)36(5)54-34(3)39(31-73-54)20-47-27-58(8,70)32-60(80-47)29-46(74-38(7)62)23-44(79-60)25-52(67)76-55/h10-11,13,15-16,20,34-37,40-47,49-51,53-57,63-64,66,68-71H,1-2,12,14,17-19,21-32H2,3-9H3/b15-11+,16-13-,39-20-/t34-,35+,36-,37-,40+,41-,42-,43-,44+,45-,46-,47-,49-,50+,51-,53-,54-,55-,56-,57+,58-,59+,60+,61+/m1/s1. The van der Waals surface area contributed by atoms with Crippen LogP contribution in [0.2, 0.25) is 0 Å². The summed E-state index contributed by atoms with van der Waals surface area (Å²) in [6, 6.07) is 0. The third-order valence-corrected chi connectivity index (χ3v) is 18.2. The number of ether oxygens (including phenoxy) is 10. The van der Waals surface area contributed by atoms with Gasteiger partial charge in [0.2, 0.25) is 0 Å². The number of hydrogen-bond donors (Lipinski definition) is 7. The normalized spacial score (nSPS) is 47.3. The zero-order valence-electron chi connectivity index (χ0n) is 48.4. The predicted molar refractivity (Wildman–Crippen MR) is 291 cm³/mol. The molecule has 8 aliphatic heterocycles. The highest BCUT2D eigenvalue weighted by Crippen LogP contribution is 2.48. The Bertz CT molecular complexity index is 2300. The molecule has 0 aromatic heterocycles. The van der Waals surface area contributed by atoms with Crippen LogP contribution >= 0.6 is 0 Å². The molecule has 0 aliphatic carbocycles. The summed E-state index contributed by atoms with van der Waals surface area (Å²) in [7, 11) is 1.61. The third kappa shape index (κ3) is 15.6. The van der Waals surface area contributed by atoms with Crippen molar-refractivity contribution in [3.05, 3.63) is 60.8 Å². The fourth-order valence-electron chi connectivity index (χ4n) is 14.2. The molecule has 20 heteroatoms. The number of methoxy groups -OCH3 is 1. The molecule has 0 aromatic rings. The van der Waals surface area contributed by atoms with Gasteiger partial charge in [-0.2, -0.15) is 0 Å². The molecule has 0 unspecified atom stereocenters. The second-order valence-electron chi connectivity index (χ2n) is 25.2. The third-order valence-electron chi connectivity index (χ3n) is 18.2. The molecule has 8 aliphatic rings. The van der Waals surface area contributed by atoms with E-state index in [0.717, 1.165) is 5.57 Å². The number of allylic oxidation sites excluding steroid dienone is 3. The molecule has 8 heterocycles. The summed E-state index contributed by atoms with van der Waals surface area (Å²) in [6.45, 7) is 18.1. The summed E-state index contributed by atoms with van der Waals surface area (Å²) in [6.07, 6.45) is -2.66. The lowest BCUT2D eigenvalue weighted by atomic mass is 9.78. The SMILES string of the molecule is C=C/C=C/[C@H](O)CC(=C)C[C@H]1O[C@@H]2[C@H](C)[C@@H](OC(=O)C[C@@H]3C[C@@H](OC(C)=O)C[C@]4(C[C@](C)(O)C[C@@H](/C=C5/CO[C@@H]([C@H](C)C(=O)C[C@H]6C[C@@H](OC)C[C@]7(C[C@H](O)C[C@@H](/C=C\CCC[C@@H]8O[C@@](O)(C[C@@H](O)[C@@H]8C)[C@H]2O)O7)O6)[C@@H]5C)O4)O3)[C@@H]1O. The van der Waals surface area contributed by atoms with Crippen LogP contribution in [-0.4, -0.2) is 188 Å². The number of Topliss-reactive ketones (excluding diaryl/α,β-unsaturated/α-hetero) is 1. The topological polar surface area (TPSA) is 285 Å². The molecule has 24 atom stereocenters. The molecule has 7 N–H and O–H groups in total. The first-order valence-corrected chi connectivity index (χ1v) is 29.5. The fourth-order valence-corrected chi connectivity index (χ4v) is 14.2. The molecule has 20 nitrogen and oxygen atoms in total. The molecule has 12 bridgehead atoms. The molecule has 0 amide bonds. The number of aliphatic hydroxyl groups excluding tert-OH is 5. The Morgan fingerprint density at radius 1 is 0.852 bits per heavy atom. The zero-order valence-corrected chi connectivity index (χ0v) is 48.4. The largest absolute Gasteiger partial charge is 0.462 e. The number of carbonyl (C=O) groups is 3. The molecule has 2 spiro atoms. The summed E-state index contributed by atoms with van der Waals surface area (Å²) in [4.78, 5) is 41.2. The quantitative estimate of drug-likeness (QED) is 0.0977.